The van der Waals surface area contributed by atoms with Crippen LogP contribution in [0.2, 0.25) is 5.15 Å². The van der Waals surface area contributed by atoms with Crippen molar-refractivity contribution in [3.63, 3.8) is 0 Å². The average Bonchev–Trinajstić information content (AvgIpc) is 3.00. The number of rotatable bonds is 6. The Balaban J connectivity index is 1.82. The van der Waals surface area contributed by atoms with Crippen LogP contribution in [-0.4, -0.2) is 15.7 Å². The zero-order valence-electron chi connectivity index (χ0n) is 16.3. The molecule has 0 spiro atoms. The number of hydrogen-bond acceptors (Lipinski definition) is 3. The highest BCUT2D eigenvalue weighted by Crippen LogP contribution is 2.24. The Morgan fingerprint density at radius 2 is 1.83 bits per heavy atom. The maximum absolute atomic E-state index is 12.6. The van der Waals surface area contributed by atoms with E-state index >= 15 is 0 Å². The average molecular weight is 405 g/mol. The lowest BCUT2D eigenvalue weighted by atomic mass is 10.1. The van der Waals surface area contributed by atoms with Crippen molar-refractivity contribution in [1.82, 2.24) is 15.1 Å². The van der Waals surface area contributed by atoms with Gasteiger partial charge in [-0.2, -0.15) is 10.4 Å². The van der Waals surface area contributed by atoms with Crippen LogP contribution in [-0.2, 0) is 11.3 Å². The number of halogens is 1. The van der Waals surface area contributed by atoms with Gasteiger partial charge in [0, 0.05) is 5.56 Å². The lowest BCUT2D eigenvalue weighted by molar-refractivity contribution is -0.117. The first-order valence-corrected chi connectivity index (χ1v) is 9.62. The molecular weight excluding hydrogens is 384 g/mol. The molecule has 1 atom stereocenters. The molecule has 146 valence electrons. The molecule has 0 saturated heterocycles. The molecule has 0 aliphatic rings. The lowest BCUT2D eigenvalue weighted by Gasteiger charge is -2.13. The third-order valence-corrected chi connectivity index (χ3v) is 4.98. The summed E-state index contributed by atoms with van der Waals surface area (Å²) in [6, 6.07) is 21.2. The SMILES string of the molecule is Cc1nn(Cc2ccccc2)c(Cl)c1/C=C(\C#N)C(=O)N[C@H](C)c1ccccc1. The molecule has 0 unspecified atom stereocenters. The second-order valence-electron chi connectivity index (χ2n) is 6.71. The van der Waals surface area contributed by atoms with Gasteiger partial charge in [0.05, 0.1) is 18.3 Å². The van der Waals surface area contributed by atoms with Gasteiger partial charge >= 0.3 is 0 Å². The van der Waals surface area contributed by atoms with Crippen molar-refractivity contribution in [3.05, 3.63) is 93.8 Å². The number of carbonyl (C=O) groups is 1. The number of carbonyl (C=O) groups excluding carboxylic acids is 1. The molecule has 2 aromatic carbocycles. The molecule has 0 radical (unpaired) electrons. The van der Waals surface area contributed by atoms with E-state index in [2.05, 4.69) is 10.4 Å². The van der Waals surface area contributed by atoms with Gasteiger partial charge < -0.3 is 5.32 Å². The highest BCUT2D eigenvalue weighted by molar-refractivity contribution is 6.31. The fraction of sp³-hybridized carbons (Fsp3) is 0.174. The third-order valence-electron chi connectivity index (χ3n) is 4.59. The monoisotopic (exact) mass is 404 g/mol. The Hall–Kier alpha value is -3.36. The molecule has 0 fully saturated rings. The highest BCUT2D eigenvalue weighted by Gasteiger charge is 2.17. The Morgan fingerprint density at radius 1 is 1.21 bits per heavy atom. The van der Waals surface area contributed by atoms with E-state index in [9.17, 15) is 10.1 Å². The maximum atomic E-state index is 12.6. The van der Waals surface area contributed by atoms with Gasteiger partial charge in [-0.3, -0.25) is 4.79 Å². The highest BCUT2D eigenvalue weighted by atomic mass is 35.5. The van der Waals surface area contributed by atoms with E-state index in [-0.39, 0.29) is 11.6 Å². The Labute approximate surface area is 175 Å². The molecule has 3 rings (SSSR count). The Bertz CT molecular complexity index is 1070. The minimum Gasteiger partial charge on any atom is -0.345 e. The number of aryl methyl sites for hydroxylation is 1. The predicted molar refractivity (Wildman–Crippen MR) is 114 cm³/mol. The first-order chi connectivity index (χ1) is 14.0. The number of benzene rings is 2. The van der Waals surface area contributed by atoms with Crippen molar-refractivity contribution in [2.75, 3.05) is 0 Å². The zero-order chi connectivity index (χ0) is 20.8. The molecular formula is C23H21ClN4O. The standard InChI is InChI=1S/C23H21ClN4O/c1-16(19-11-7-4-8-12-19)26-23(29)20(14-25)13-21-17(2)27-28(22(21)24)15-18-9-5-3-6-10-18/h3-13,16H,15H2,1-2H3,(H,26,29)/b20-13+/t16-/m1/s1. The van der Waals surface area contributed by atoms with E-state index in [4.69, 9.17) is 11.6 Å². The van der Waals surface area contributed by atoms with Crippen LogP contribution < -0.4 is 5.32 Å². The van der Waals surface area contributed by atoms with Gasteiger partial charge in [0.2, 0.25) is 0 Å². The molecule has 0 aliphatic heterocycles. The quantitative estimate of drug-likeness (QED) is 0.479. The number of nitrogens with zero attached hydrogens (tertiary/aromatic N) is 3. The summed E-state index contributed by atoms with van der Waals surface area (Å²) in [7, 11) is 0. The Kier molecular flexibility index (Phi) is 6.48. The Morgan fingerprint density at radius 3 is 2.45 bits per heavy atom. The summed E-state index contributed by atoms with van der Waals surface area (Å²) in [6.45, 7) is 4.19. The molecule has 1 amide bonds. The summed E-state index contributed by atoms with van der Waals surface area (Å²) >= 11 is 6.50. The molecule has 1 heterocycles. The van der Waals surface area contributed by atoms with Gasteiger partial charge in [-0.25, -0.2) is 4.68 Å². The lowest BCUT2D eigenvalue weighted by Crippen LogP contribution is -2.27. The van der Waals surface area contributed by atoms with E-state index in [1.165, 1.54) is 6.08 Å². The normalized spacial score (nSPS) is 12.3. The van der Waals surface area contributed by atoms with Crippen molar-refractivity contribution in [2.24, 2.45) is 0 Å². The molecule has 6 heteroatoms. The second kappa shape index (κ2) is 9.22. The van der Waals surface area contributed by atoms with Crippen LogP contribution in [0.25, 0.3) is 6.08 Å². The minimum atomic E-state index is -0.449. The summed E-state index contributed by atoms with van der Waals surface area (Å²) in [4.78, 5) is 12.6. The summed E-state index contributed by atoms with van der Waals surface area (Å²) in [6.07, 6.45) is 1.50. The molecule has 0 saturated carbocycles. The molecule has 1 N–H and O–H groups in total. The van der Waals surface area contributed by atoms with Crippen LogP contribution in [0.1, 0.15) is 35.3 Å². The van der Waals surface area contributed by atoms with Gasteiger partial charge in [0.25, 0.3) is 5.91 Å². The first kappa shape index (κ1) is 20.4. The summed E-state index contributed by atoms with van der Waals surface area (Å²) in [5, 5.41) is 17.2. The molecule has 0 bridgehead atoms. The van der Waals surface area contributed by atoms with Crippen molar-refractivity contribution in [3.8, 4) is 6.07 Å². The van der Waals surface area contributed by atoms with Crippen LogP contribution in [0.3, 0.4) is 0 Å². The topological polar surface area (TPSA) is 70.7 Å². The summed E-state index contributed by atoms with van der Waals surface area (Å²) in [5.74, 6) is -0.449. The molecule has 1 aromatic heterocycles. The summed E-state index contributed by atoms with van der Waals surface area (Å²) < 4.78 is 1.66. The number of nitriles is 1. The van der Waals surface area contributed by atoms with Crippen molar-refractivity contribution >= 4 is 23.6 Å². The fourth-order valence-corrected chi connectivity index (χ4v) is 3.27. The maximum Gasteiger partial charge on any atom is 0.262 e. The molecule has 3 aromatic rings. The fourth-order valence-electron chi connectivity index (χ4n) is 2.98. The van der Waals surface area contributed by atoms with Crippen molar-refractivity contribution in [1.29, 1.82) is 5.26 Å². The van der Waals surface area contributed by atoms with E-state index < -0.39 is 5.91 Å². The molecule has 0 aliphatic carbocycles. The van der Waals surface area contributed by atoms with Gasteiger partial charge in [-0.05, 0) is 31.1 Å². The molecule has 29 heavy (non-hydrogen) atoms. The van der Waals surface area contributed by atoms with Crippen LogP contribution in [0, 0.1) is 18.3 Å². The number of nitrogens with one attached hydrogen (secondary N) is 1. The van der Waals surface area contributed by atoms with Crippen LogP contribution in [0.5, 0.6) is 0 Å². The third kappa shape index (κ3) is 4.92. The van der Waals surface area contributed by atoms with Gasteiger partial charge in [-0.1, -0.05) is 72.3 Å². The van der Waals surface area contributed by atoms with E-state index in [1.807, 2.05) is 73.7 Å². The van der Waals surface area contributed by atoms with Crippen LogP contribution >= 0.6 is 11.6 Å². The minimum absolute atomic E-state index is 0.0166. The van der Waals surface area contributed by atoms with E-state index in [0.717, 1.165) is 11.1 Å². The van der Waals surface area contributed by atoms with Crippen molar-refractivity contribution < 1.29 is 4.79 Å². The second-order valence-corrected chi connectivity index (χ2v) is 7.07. The van der Waals surface area contributed by atoms with Crippen LogP contribution in [0.15, 0.2) is 66.2 Å². The van der Waals surface area contributed by atoms with Crippen LogP contribution in [0.4, 0.5) is 0 Å². The zero-order valence-corrected chi connectivity index (χ0v) is 17.0. The van der Waals surface area contributed by atoms with Gasteiger partial charge in [-0.15, -0.1) is 0 Å². The van der Waals surface area contributed by atoms with Gasteiger partial charge in [0.1, 0.15) is 16.8 Å². The number of hydrogen-bond donors (Lipinski definition) is 1. The van der Waals surface area contributed by atoms with E-state index in [0.29, 0.717) is 23.0 Å². The number of aromatic nitrogens is 2. The largest absolute Gasteiger partial charge is 0.345 e. The predicted octanol–water partition coefficient (Wildman–Crippen LogP) is 4.68. The number of amides is 1. The summed E-state index contributed by atoms with van der Waals surface area (Å²) in [5.41, 5.74) is 3.23. The van der Waals surface area contributed by atoms with Crippen molar-refractivity contribution in [2.45, 2.75) is 26.4 Å². The van der Waals surface area contributed by atoms with Gasteiger partial charge in [0.15, 0.2) is 0 Å². The molecule has 5 nitrogen and oxygen atoms in total. The van der Waals surface area contributed by atoms with E-state index in [1.54, 1.807) is 11.6 Å². The first-order valence-electron chi connectivity index (χ1n) is 9.24. The smallest absolute Gasteiger partial charge is 0.262 e.